The van der Waals surface area contributed by atoms with Crippen molar-refractivity contribution in [2.75, 3.05) is 0 Å². The summed E-state index contributed by atoms with van der Waals surface area (Å²) in [6.07, 6.45) is 0. The van der Waals surface area contributed by atoms with Crippen LogP contribution in [0.2, 0.25) is 0 Å². The monoisotopic (exact) mass is 329 g/mol. The van der Waals surface area contributed by atoms with Crippen LogP contribution in [0.1, 0.15) is 23.6 Å². The highest BCUT2D eigenvalue weighted by Crippen LogP contribution is 2.26. The molecular weight excluding hydrogens is 314 g/mol. The number of rotatable bonds is 5. The Balaban J connectivity index is 2.05. The first kappa shape index (κ1) is 13.3. The molecule has 2 rings (SSSR count). The molecule has 0 saturated heterocycles. The SMILES string of the molecule is CC(C)N(Cc1cccs1)Cc1sccc1Br. The molecule has 0 aromatic carbocycles. The molecule has 2 aromatic heterocycles. The van der Waals surface area contributed by atoms with E-state index in [0.717, 1.165) is 13.1 Å². The number of hydrogen-bond donors (Lipinski definition) is 0. The lowest BCUT2D eigenvalue weighted by Gasteiger charge is -2.25. The minimum atomic E-state index is 0.561. The zero-order valence-corrected chi connectivity index (χ0v) is 13.2. The first-order valence-corrected chi connectivity index (χ1v) is 8.20. The second-order valence-corrected chi connectivity index (χ2v) is 7.16. The Morgan fingerprint density at radius 3 is 2.53 bits per heavy atom. The topological polar surface area (TPSA) is 3.24 Å². The maximum absolute atomic E-state index is 3.61. The van der Waals surface area contributed by atoms with Gasteiger partial charge in [0.2, 0.25) is 0 Å². The Hall–Kier alpha value is -0.160. The maximum atomic E-state index is 3.61. The Bertz CT molecular complexity index is 448. The van der Waals surface area contributed by atoms with Crippen LogP contribution in [0.3, 0.4) is 0 Å². The third-order valence-corrected chi connectivity index (χ3v) is 5.48. The standard InChI is InChI=1S/C13H16BrNS2/c1-10(2)15(8-11-4-3-6-16-11)9-13-12(14)5-7-17-13/h3-7,10H,8-9H2,1-2H3. The van der Waals surface area contributed by atoms with Crippen LogP contribution in [0.25, 0.3) is 0 Å². The average Bonchev–Trinajstić information content (AvgIpc) is 2.90. The summed E-state index contributed by atoms with van der Waals surface area (Å²) in [6.45, 7) is 6.58. The first-order valence-electron chi connectivity index (χ1n) is 5.65. The fraction of sp³-hybridized carbons (Fsp3) is 0.385. The van der Waals surface area contributed by atoms with Crippen molar-refractivity contribution in [2.45, 2.75) is 33.0 Å². The van der Waals surface area contributed by atoms with E-state index in [4.69, 9.17) is 0 Å². The van der Waals surface area contributed by atoms with E-state index >= 15 is 0 Å². The Kier molecular flexibility index (Phi) is 4.79. The van der Waals surface area contributed by atoms with Gasteiger partial charge in [0.05, 0.1) is 0 Å². The number of nitrogens with zero attached hydrogens (tertiary/aromatic N) is 1. The highest BCUT2D eigenvalue weighted by Gasteiger charge is 2.13. The van der Waals surface area contributed by atoms with Crippen molar-refractivity contribution in [3.05, 3.63) is 43.2 Å². The van der Waals surface area contributed by atoms with Gasteiger partial charge in [-0.15, -0.1) is 22.7 Å². The third kappa shape index (κ3) is 3.65. The summed E-state index contributed by atoms with van der Waals surface area (Å²) in [7, 11) is 0. The van der Waals surface area contributed by atoms with Gasteiger partial charge in [0.25, 0.3) is 0 Å². The summed E-state index contributed by atoms with van der Waals surface area (Å²) in [5.41, 5.74) is 0. The van der Waals surface area contributed by atoms with E-state index in [1.807, 2.05) is 22.7 Å². The van der Waals surface area contributed by atoms with E-state index in [-0.39, 0.29) is 0 Å². The largest absolute Gasteiger partial charge is 0.291 e. The molecule has 0 amide bonds. The molecule has 17 heavy (non-hydrogen) atoms. The van der Waals surface area contributed by atoms with Gasteiger partial charge in [0.15, 0.2) is 0 Å². The van der Waals surface area contributed by atoms with Gasteiger partial charge in [0, 0.05) is 33.4 Å². The summed E-state index contributed by atoms with van der Waals surface area (Å²) in [5.74, 6) is 0. The molecule has 2 aromatic rings. The molecule has 92 valence electrons. The van der Waals surface area contributed by atoms with E-state index in [2.05, 4.69) is 63.6 Å². The van der Waals surface area contributed by atoms with E-state index in [1.165, 1.54) is 14.2 Å². The lowest BCUT2D eigenvalue weighted by atomic mass is 10.3. The van der Waals surface area contributed by atoms with Gasteiger partial charge in [-0.2, -0.15) is 0 Å². The molecule has 4 heteroatoms. The average molecular weight is 330 g/mol. The predicted octanol–water partition coefficient (Wildman–Crippen LogP) is 4.98. The summed E-state index contributed by atoms with van der Waals surface area (Å²) in [6, 6.07) is 7.03. The molecule has 0 N–H and O–H groups in total. The molecule has 0 bridgehead atoms. The van der Waals surface area contributed by atoms with Crippen LogP contribution in [0.15, 0.2) is 33.4 Å². The first-order chi connectivity index (χ1) is 8.16. The van der Waals surface area contributed by atoms with Gasteiger partial charge in [0.1, 0.15) is 0 Å². The molecule has 2 heterocycles. The molecule has 1 nitrogen and oxygen atoms in total. The normalized spacial score (nSPS) is 11.6. The van der Waals surface area contributed by atoms with Crippen LogP contribution in [-0.4, -0.2) is 10.9 Å². The molecule has 0 aliphatic rings. The van der Waals surface area contributed by atoms with E-state index in [1.54, 1.807) is 0 Å². The zero-order chi connectivity index (χ0) is 12.3. The van der Waals surface area contributed by atoms with Crippen molar-refractivity contribution in [3.63, 3.8) is 0 Å². The molecule has 0 spiro atoms. The summed E-state index contributed by atoms with van der Waals surface area (Å²) >= 11 is 7.27. The van der Waals surface area contributed by atoms with Gasteiger partial charge in [-0.1, -0.05) is 6.07 Å². The number of thiophene rings is 2. The summed E-state index contributed by atoms with van der Waals surface area (Å²) in [4.78, 5) is 5.35. The smallest absolute Gasteiger partial charge is 0.0345 e. The van der Waals surface area contributed by atoms with Crippen molar-refractivity contribution in [1.29, 1.82) is 0 Å². The molecule has 0 saturated carbocycles. The van der Waals surface area contributed by atoms with Crippen LogP contribution in [-0.2, 0) is 13.1 Å². The van der Waals surface area contributed by atoms with Crippen LogP contribution < -0.4 is 0 Å². The van der Waals surface area contributed by atoms with Crippen molar-refractivity contribution >= 4 is 38.6 Å². The second kappa shape index (κ2) is 6.14. The van der Waals surface area contributed by atoms with Crippen LogP contribution in [0.4, 0.5) is 0 Å². The highest BCUT2D eigenvalue weighted by atomic mass is 79.9. The van der Waals surface area contributed by atoms with Gasteiger partial charge in [-0.3, -0.25) is 4.90 Å². The van der Waals surface area contributed by atoms with Crippen molar-refractivity contribution in [1.82, 2.24) is 4.90 Å². The lowest BCUT2D eigenvalue weighted by Crippen LogP contribution is -2.29. The number of hydrogen-bond acceptors (Lipinski definition) is 3. The lowest BCUT2D eigenvalue weighted by molar-refractivity contribution is 0.207. The van der Waals surface area contributed by atoms with Gasteiger partial charge in [-0.05, 0) is 52.7 Å². The van der Waals surface area contributed by atoms with E-state index < -0.39 is 0 Å². The van der Waals surface area contributed by atoms with Crippen molar-refractivity contribution < 1.29 is 0 Å². The minimum Gasteiger partial charge on any atom is -0.291 e. The third-order valence-electron chi connectivity index (χ3n) is 2.71. The van der Waals surface area contributed by atoms with Gasteiger partial charge < -0.3 is 0 Å². The molecule has 0 atom stereocenters. The molecule has 0 aliphatic carbocycles. The molecule has 0 radical (unpaired) electrons. The van der Waals surface area contributed by atoms with Gasteiger partial charge >= 0.3 is 0 Å². The highest BCUT2D eigenvalue weighted by molar-refractivity contribution is 9.10. The van der Waals surface area contributed by atoms with Crippen molar-refractivity contribution in [2.24, 2.45) is 0 Å². The van der Waals surface area contributed by atoms with E-state index in [0.29, 0.717) is 6.04 Å². The zero-order valence-electron chi connectivity index (χ0n) is 10.0. The fourth-order valence-electron chi connectivity index (χ4n) is 1.65. The Morgan fingerprint density at radius 1 is 1.18 bits per heavy atom. The van der Waals surface area contributed by atoms with E-state index in [9.17, 15) is 0 Å². The predicted molar refractivity (Wildman–Crippen MR) is 80.7 cm³/mol. The van der Waals surface area contributed by atoms with Crippen LogP contribution in [0, 0.1) is 0 Å². The Labute approximate surface area is 119 Å². The second-order valence-electron chi connectivity index (χ2n) is 4.27. The molecular formula is C13H16BrNS2. The number of halogens is 1. The molecule has 0 fully saturated rings. The molecule has 0 aliphatic heterocycles. The minimum absolute atomic E-state index is 0.561. The Morgan fingerprint density at radius 2 is 2.00 bits per heavy atom. The van der Waals surface area contributed by atoms with Crippen LogP contribution >= 0.6 is 38.6 Å². The quantitative estimate of drug-likeness (QED) is 0.747. The van der Waals surface area contributed by atoms with Crippen molar-refractivity contribution in [3.8, 4) is 0 Å². The summed E-state index contributed by atoms with van der Waals surface area (Å²) < 4.78 is 1.24. The fourth-order valence-corrected chi connectivity index (χ4v) is 3.88. The summed E-state index contributed by atoms with van der Waals surface area (Å²) in [5, 5.41) is 4.29. The maximum Gasteiger partial charge on any atom is 0.0345 e. The van der Waals surface area contributed by atoms with Crippen LogP contribution in [0.5, 0.6) is 0 Å². The molecule has 0 unspecified atom stereocenters. The van der Waals surface area contributed by atoms with Gasteiger partial charge in [-0.25, -0.2) is 0 Å².